The van der Waals surface area contributed by atoms with Crippen molar-refractivity contribution in [3.8, 4) is 11.3 Å². The second-order valence-electron chi connectivity index (χ2n) is 11.0. The molecule has 0 atom stereocenters. The summed E-state index contributed by atoms with van der Waals surface area (Å²) in [5, 5.41) is 6.71. The van der Waals surface area contributed by atoms with Crippen LogP contribution in [-0.4, -0.2) is 97.3 Å². The average Bonchev–Trinajstić information content (AvgIpc) is 2.96. The van der Waals surface area contributed by atoms with E-state index < -0.39 is 5.91 Å². The molecule has 6 rings (SSSR count). The van der Waals surface area contributed by atoms with Gasteiger partial charge in [0.25, 0.3) is 5.91 Å². The summed E-state index contributed by atoms with van der Waals surface area (Å²) >= 11 is 0. The number of ether oxygens (including phenoxy) is 1. The lowest BCUT2D eigenvalue weighted by molar-refractivity contribution is 0.0209. The number of carbonyl (C=O) groups excluding carboxylic acids is 1. The van der Waals surface area contributed by atoms with E-state index in [2.05, 4.69) is 49.5 Å². The fraction of sp³-hybridized carbons (Fsp3) is 0.433. The number of carbonyl (C=O) groups is 1. The normalized spacial score (nSPS) is 19.3. The third-order valence-corrected chi connectivity index (χ3v) is 8.17. The molecule has 4 N–H and O–H groups in total. The average molecular weight is 543 g/mol. The van der Waals surface area contributed by atoms with Crippen LogP contribution in [0.5, 0.6) is 0 Å². The summed E-state index contributed by atoms with van der Waals surface area (Å²) in [4.78, 5) is 29.5. The van der Waals surface area contributed by atoms with Crippen LogP contribution in [0.2, 0.25) is 0 Å². The Labute approximate surface area is 235 Å². The summed E-state index contributed by atoms with van der Waals surface area (Å²) in [6.07, 6.45) is 2.38. The number of rotatable bonds is 8. The highest BCUT2D eigenvalue weighted by atomic mass is 16.5. The van der Waals surface area contributed by atoms with Crippen molar-refractivity contribution in [3.63, 3.8) is 0 Å². The molecule has 0 saturated carbocycles. The third-order valence-electron chi connectivity index (χ3n) is 8.17. The molecule has 0 aliphatic carbocycles. The number of hydrogen-bond acceptors (Lipinski definition) is 9. The Morgan fingerprint density at radius 3 is 2.23 bits per heavy atom. The second-order valence-corrected chi connectivity index (χ2v) is 11.0. The van der Waals surface area contributed by atoms with Gasteiger partial charge in [-0.1, -0.05) is 30.3 Å². The fourth-order valence-electron chi connectivity index (χ4n) is 5.67. The summed E-state index contributed by atoms with van der Waals surface area (Å²) < 4.78 is 5.33. The van der Waals surface area contributed by atoms with E-state index in [-0.39, 0.29) is 11.7 Å². The van der Waals surface area contributed by atoms with Crippen LogP contribution in [0.15, 0.2) is 54.6 Å². The van der Waals surface area contributed by atoms with Gasteiger partial charge in [0.15, 0.2) is 17.3 Å². The van der Waals surface area contributed by atoms with Gasteiger partial charge in [0.05, 0.1) is 19.3 Å². The third kappa shape index (κ3) is 5.89. The number of nitrogens with zero attached hydrogens (tertiary/aromatic N) is 5. The van der Waals surface area contributed by atoms with Gasteiger partial charge in [-0.25, -0.2) is 9.97 Å². The molecule has 10 heteroatoms. The minimum absolute atomic E-state index is 0.101. The van der Waals surface area contributed by atoms with Gasteiger partial charge in [0, 0.05) is 62.2 Å². The van der Waals surface area contributed by atoms with Crippen molar-refractivity contribution in [1.82, 2.24) is 19.8 Å². The molecule has 10 nitrogen and oxygen atoms in total. The van der Waals surface area contributed by atoms with Crippen LogP contribution < -0.4 is 21.3 Å². The molecule has 2 aromatic carbocycles. The fourth-order valence-corrected chi connectivity index (χ4v) is 5.67. The molecule has 210 valence electrons. The van der Waals surface area contributed by atoms with Crippen LogP contribution in [0.3, 0.4) is 0 Å². The highest BCUT2D eigenvalue weighted by Crippen LogP contribution is 2.31. The SMILES string of the molecule is CN1CCN(C2CCN(c3ccc(Nc4nc(NC5COC5)c(-c5ccccc5)nc4C(N)=O)cc3)CC2)CC1. The number of benzene rings is 2. The van der Waals surface area contributed by atoms with Gasteiger partial charge >= 0.3 is 0 Å². The van der Waals surface area contributed by atoms with Gasteiger partial charge in [-0.3, -0.25) is 9.69 Å². The zero-order valence-electron chi connectivity index (χ0n) is 23.1. The first-order valence-electron chi connectivity index (χ1n) is 14.2. The zero-order valence-corrected chi connectivity index (χ0v) is 23.1. The summed E-state index contributed by atoms with van der Waals surface area (Å²) in [7, 11) is 2.21. The Hall–Kier alpha value is -3.73. The van der Waals surface area contributed by atoms with Crippen molar-refractivity contribution < 1.29 is 9.53 Å². The van der Waals surface area contributed by atoms with E-state index in [1.807, 2.05) is 42.5 Å². The van der Waals surface area contributed by atoms with E-state index in [0.717, 1.165) is 37.4 Å². The molecule has 3 aliphatic heterocycles. The van der Waals surface area contributed by atoms with Gasteiger partial charge in [0.2, 0.25) is 0 Å². The number of likely N-dealkylation sites (N-methyl/N-ethyl adjacent to an activating group) is 1. The van der Waals surface area contributed by atoms with Crippen LogP contribution in [0.25, 0.3) is 11.3 Å². The Morgan fingerprint density at radius 2 is 1.60 bits per heavy atom. The number of aromatic nitrogens is 2. The number of hydrogen-bond donors (Lipinski definition) is 3. The Balaban J connectivity index is 1.17. The summed E-state index contributed by atoms with van der Waals surface area (Å²) in [5.74, 6) is 0.285. The maximum Gasteiger partial charge on any atom is 0.271 e. The van der Waals surface area contributed by atoms with E-state index in [1.165, 1.54) is 31.6 Å². The quantitative estimate of drug-likeness (QED) is 0.395. The first-order chi connectivity index (χ1) is 19.5. The van der Waals surface area contributed by atoms with E-state index in [9.17, 15) is 4.79 Å². The Kier molecular flexibility index (Phi) is 7.81. The van der Waals surface area contributed by atoms with Gasteiger partial charge in [-0.2, -0.15) is 0 Å². The molecule has 3 fully saturated rings. The molecule has 0 unspecified atom stereocenters. The number of amides is 1. The summed E-state index contributed by atoms with van der Waals surface area (Å²) in [6, 6.07) is 18.8. The first-order valence-corrected chi connectivity index (χ1v) is 14.2. The smallest absolute Gasteiger partial charge is 0.271 e. The summed E-state index contributed by atoms with van der Waals surface area (Å²) in [5.41, 5.74) is 9.33. The van der Waals surface area contributed by atoms with E-state index >= 15 is 0 Å². The second kappa shape index (κ2) is 11.8. The van der Waals surface area contributed by atoms with Crippen molar-refractivity contribution in [2.75, 3.05) is 75.1 Å². The molecular weight excluding hydrogens is 504 g/mol. The van der Waals surface area contributed by atoms with Crippen LogP contribution in [0, 0.1) is 0 Å². The molecule has 40 heavy (non-hydrogen) atoms. The maximum absolute atomic E-state index is 12.4. The van der Waals surface area contributed by atoms with Gasteiger partial charge in [0.1, 0.15) is 5.69 Å². The van der Waals surface area contributed by atoms with Crippen molar-refractivity contribution in [2.45, 2.75) is 24.9 Å². The largest absolute Gasteiger partial charge is 0.377 e. The highest BCUT2D eigenvalue weighted by Gasteiger charge is 2.27. The van der Waals surface area contributed by atoms with Crippen LogP contribution >= 0.6 is 0 Å². The minimum Gasteiger partial charge on any atom is -0.377 e. The Morgan fingerprint density at radius 1 is 0.900 bits per heavy atom. The zero-order chi connectivity index (χ0) is 27.5. The molecule has 0 spiro atoms. The standard InChI is InChI=1S/C30H38N8O2/c1-36-15-17-38(18-16-36)25-11-13-37(14-12-25)24-9-7-22(8-10-24)32-30-27(28(31)39)34-26(21-5-3-2-4-6-21)29(35-30)33-23-19-40-20-23/h2-10,23,25H,11-20H2,1H3,(H2,31,39)(H2,32,33,35). The molecule has 4 heterocycles. The molecule has 0 bridgehead atoms. The maximum atomic E-state index is 12.4. The van der Waals surface area contributed by atoms with Crippen molar-refractivity contribution in [3.05, 3.63) is 60.3 Å². The predicted molar refractivity (Wildman–Crippen MR) is 158 cm³/mol. The predicted octanol–water partition coefficient (Wildman–Crippen LogP) is 3.01. The summed E-state index contributed by atoms with van der Waals surface area (Å²) in [6.45, 7) is 8.00. The van der Waals surface area contributed by atoms with E-state index in [4.69, 9.17) is 15.5 Å². The number of nitrogens with one attached hydrogen (secondary N) is 2. The molecule has 3 aliphatic rings. The molecule has 1 amide bonds. The number of nitrogens with two attached hydrogens (primary N) is 1. The molecule has 0 radical (unpaired) electrons. The Bertz CT molecular complexity index is 1300. The molecular formula is C30H38N8O2. The lowest BCUT2D eigenvalue weighted by Crippen LogP contribution is -2.52. The van der Waals surface area contributed by atoms with Crippen molar-refractivity contribution >= 4 is 28.9 Å². The minimum atomic E-state index is -0.634. The lowest BCUT2D eigenvalue weighted by Gasteiger charge is -2.42. The van der Waals surface area contributed by atoms with Gasteiger partial charge < -0.3 is 30.9 Å². The van der Waals surface area contributed by atoms with Gasteiger partial charge in [-0.05, 0) is 44.2 Å². The molecule has 3 saturated heterocycles. The van der Waals surface area contributed by atoms with Crippen LogP contribution in [0.1, 0.15) is 23.3 Å². The number of primary amides is 1. The number of piperidine rings is 1. The van der Waals surface area contributed by atoms with Crippen LogP contribution in [-0.2, 0) is 4.74 Å². The molecule has 1 aromatic heterocycles. The van der Waals surface area contributed by atoms with Crippen molar-refractivity contribution in [1.29, 1.82) is 0 Å². The first kappa shape index (κ1) is 26.5. The lowest BCUT2D eigenvalue weighted by atomic mass is 10.0. The molecule has 3 aromatic rings. The number of anilines is 4. The highest BCUT2D eigenvalue weighted by molar-refractivity contribution is 5.97. The monoisotopic (exact) mass is 542 g/mol. The number of piperazine rings is 1. The van der Waals surface area contributed by atoms with Gasteiger partial charge in [-0.15, -0.1) is 0 Å². The topological polar surface area (TPSA) is 112 Å². The van der Waals surface area contributed by atoms with Crippen molar-refractivity contribution in [2.24, 2.45) is 5.73 Å². The van der Waals surface area contributed by atoms with E-state index in [1.54, 1.807) is 0 Å². The van der Waals surface area contributed by atoms with Crippen LogP contribution in [0.4, 0.5) is 23.0 Å². The van der Waals surface area contributed by atoms with E-state index in [0.29, 0.717) is 36.6 Å².